The summed E-state index contributed by atoms with van der Waals surface area (Å²) in [6.07, 6.45) is 2.12. The number of hydrogen-bond donors (Lipinski definition) is 1. The van der Waals surface area contributed by atoms with E-state index in [1.165, 1.54) is 7.11 Å². The first-order chi connectivity index (χ1) is 6.65. The molecule has 74 valence electrons. The Morgan fingerprint density at radius 2 is 1.93 bits per heavy atom. The topological polar surface area (TPSA) is 72.8 Å². The second kappa shape index (κ2) is 2.95. The number of aliphatic carboxylic acids is 1. The van der Waals surface area contributed by atoms with Crippen LogP contribution in [0.4, 0.5) is 0 Å². The number of methoxy groups -OCH3 is 1. The highest BCUT2D eigenvalue weighted by atomic mass is 16.5. The number of esters is 1. The summed E-state index contributed by atoms with van der Waals surface area (Å²) in [4.78, 5) is 22.1. The summed E-state index contributed by atoms with van der Waals surface area (Å²) >= 11 is 0. The van der Waals surface area contributed by atoms with Gasteiger partial charge < -0.3 is 14.6 Å². The van der Waals surface area contributed by atoms with Crippen LogP contribution in [-0.4, -0.2) is 36.4 Å². The van der Waals surface area contributed by atoms with Crippen molar-refractivity contribution < 1.29 is 24.2 Å². The van der Waals surface area contributed by atoms with Gasteiger partial charge in [-0.2, -0.15) is 0 Å². The van der Waals surface area contributed by atoms with Gasteiger partial charge in [-0.1, -0.05) is 12.2 Å². The van der Waals surface area contributed by atoms with Crippen molar-refractivity contribution in [2.24, 2.45) is 0 Å². The standard InChI is InChI=1S/C9H8O5/c1-13-9(12)7-5-3-2-4(14-5)6(7)8(10)11/h2-5H,1H3,(H,10,11). The van der Waals surface area contributed by atoms with Crippen LogP contribution in [0.1, 0.15) is 0 Å². The number of carbonyl (C=O) groups is 2. The van der Waals surface area contributed by atoms with Gasteiger partial charge in [0, 0.05) is 0 Å². The van der Waals surface area contributed by atoms with Crippen molar-refractivity contribution >= 4 is 11.9 Å². The maximum atomic E-state index is 11.3. The van der Waals surface area contributed by atoms with Crippen LogP contribution in [0.2, 0.25) is 0 Å². The fraction of sp³-hybridized carbons (Fsp3) is 0.333. The molecule has 2 aliphatic heterocycles. The third kappa shape index (κ3) is 1.06. The molecule has 5 heteroatoms. The van der Waals surface area contributed by atoms with Crippen LogP contribution in [0.25, 0.3) is 0 Å². The molecule has 14 heavy (non-hydrogen) atoms. The predicted octanol–water partition coefficient (Wildman–Crippen LogP) is -0.122. The molecule has 2 heterocycles. The molecule has 0 spiro atoms. The van der Waals surface area contributed by atoms with Gasteiger partial charge in [-0.05, 0) is 0 Å². The molecule has 0 radical (unpaired) electrons. The Labute approximate surface area is 79.6 Å². The summed E-state index contributed by atoms with van der Waals surface area (Å²) in [5, 5.41) is 8.87. The van der Waals surface area contributed by atoms with Crippen LogP contribution >= 0.6 is 0 Å². The normalized spacial score (nSPS) is 28.4. The highest BCUT2D eigenvalue weighted by Gasteiger charge is 2.43. The first-order valence-corrected chi connectivity index (χ1v) is 4.04. The number of hydrogen-bond acceptors (Lipinski definition) is 4. The molecule has 0 saturated carbocycles. The van der Waals surface area contributed by atoms with E-state index in [1.54, 1.807) is 12.2 Å². The lowest BCUT2D eigenvalue weighted by Crippen LogP contribution is -2.19. The molecule has 2 aliphatic rings. The summed E-state index contributed by atoms with van der Waals surface area (Å²) < 4.78 is 9.71. The molecule has 5 nitrogen and oxygen atoms in total. The lowest BCUT2D eigenvalue weighted by molar-refractivity contribution is -0.138. The van der Waals surface area contributed by atoms with Crippen molar-refractivity contribution in [1.82, 2.24) is 0 Å². The van der Waals surface area contributed by atoms with E-state index in [4.69, 9.17) is 9.84 Å². The zero-order valence-electron chi connectivity index (χ0n) is 7.39. The Hall–Kier alpha value is -1.62. The van der Waals surface area contributed by atoms with Gasteiger partial charge in [-0.15, -0.1) is 0 Å². The molecule has 2 bridgehead atoms. The number of rotatable bonds is 2. The minimum atomic E-state index is -1.14. The zero-order valence-corrected chi connectivity index (χ0v) is 7.39. The van der Waals surface area contributed by atoms with Gasteiger partial charge in [0.05, 0.1) is 18.3 Å². The molecule has 1 N–H and O–H groups in total. The van der Waals surface area contributed by atoms with Crippen molar-refractivity contribution in [3.63, 3.8) is 0 Å². The van der Waals surface area contributed by atoms with Crippen LogP contribution in [0.5, 0.6) is 0 Å². The molecule has 2 atom stereocenters. The average Bonchev–Trinajstić information content (AvgIpc) is 2.74. The van der Waals surface area contributed by atoms with Gasteiger partial charge in [0.25, 0.3) is 0 Å². The van der Waals surface area contributed by atoms with Crippen molar-refractivity contribution in [2.75, 3.05) is 7.11 Å². The van der Waals surface area contributed by atoms with E-state index in [2.05, 4.69) is 4.74 Å². The fourth-order valence-electron chi connectivity index (χ4n) is 1.66. The SMILES string of the molecule is COC(=O)C1=C(C(=O)O)C2C=CC1O2. The Morgan fingerprint density at radius 1 is 1.36 bits per heavy atom. The second-order valence-corrected chi connectivity index (χ2v) is 2.99. The Bertz CT molecular complexity index is 365. The van der Waals surface area contributed by atoms with E-state index in [0.29, 0.717) is 0 Å². The summed E-state index contributed by atoms with van der Waals surface area (Å²) in [6.45, 7) is 0. The fourth-order valence-corrected chi connectivity index (χ4v) is 1.66. The van der Waals surface area contributed by atoms with E-state index in [0.717, 1.165) is 0 Å². The van der Waals surface area contributed by atoms with Crippen molar-refractivity contribution in [2.45, 2.75) is 12.2 Å². The maximum absolute atomic E-state index is 11.3. The molecule has 0 saturated heterocycles. The number of fused-ring (bicyclic) bond motifs is 2. The summed E-state index contributed by atoms with van der Waals surface area (Å²) in [5.74, 6) is -1.78. The quantitative estimate of drug-likeness (QED) is 0.492. The van der Waals surface area contributed by atoms with E-state index in [-0.39, 0.29) is 11.1 Å². The number of carboxylic acid groups (broad SMARTS) is 1. The van der Waals surface area contributed by atoms with Crippen molar-refractivity contribution in [1.29, 1.82) is 0 Å². The third-order valence-electron chi connectivity index (χ3n) is 2.25. The van der Waals surface area contributed by atoms with E-state index in [9.17, 15) is 9.59 Å². The minimum absolute atomic E-state index is 0.00986. The number of carboxylic acids is 1. The summed E-state index contributed by atoms with van der Waals surface area (Å²) in [7, 11) is 1.21. The monoisotopic (exact) mass is 196 g/mol. The summed E-state index contributed by atoms with van der Waals surface area (Å²) in [5.41, 5.74) is 0.0943. The Kier molecular flexibility index (Phi) is 1.89. The minimum Gasteiger partial charge on any atom is -0.478 e. The van der Waals surface area contributed by atoms with Gasteiger partial charge in [-0.3, -0.25) is 0 Å². The van der Waals surface area contributed by atoms with E-state index >= 15 is 0 Å². The third-order valence-corrected chi connectivity index (χ3v) is 2.25. The zero-order chi connectivity index (χ0) is 10.3. The molecule has 0 fully saturated rings. The molecule has 2 rings (SSSR count). The molecular formula is C9H8O5. The second-order valence-electron chi connectivity index (χ2n) is 2.99. The average molecular weight is 196 g/mol. The Morgan fingerprint density at radius 3 is 2.43 bits per heavy atom. The lowest BCUT2D eigenvalue weighted by Gasteiger charge is -2.07. The smallest absolute Gasteiger partial charge is 0.337 e. The maximum Gasteiger partial charge on any atom is 0.337 e. The molecule has 0 amide bonds. The van der Waals surface area contributed by atoms with Crippen LogP contribution in [0.3, 0.4) is 0 Å². The molecule has 0 aromatic rings. The predicted molar refractivity (Wildman–Crippen MR) is 44.5 cm³/mol. The van der Waals surface area contributed by atoms with Crippen molar-refractivity contribution in [3.05, 3.63) is 23.3 Å². The number of carbonyl (C=O) groups excluding carboxylic acids is 1. The number of ether oxygens (including phenoxy) is 2. The highest BCUT2D eigenvalue weighted by Crippen LogP contribution is 2.34. The van der Waals surface area contributed by atoms with Gasteiger partial charge >= 0.3 is 11.9 Å². The van der Waals surface area contributed by atoms with E-state index in [1.807, 2.05) is 0 Å². The van der Waals surface area contributed by atoms with E-state index < -0.39 is 24.1 Å². The largest absolute Gasteiger partial charge is 0.478 e. The van der Waals surface area contributed by atoms with Crippen LogP contribution < -0.4 is 0 Å². The molecular weight excluding hydrogens is 188 g/mol. The lowest BCUT2D eigenvalue weighted by atomic mass is 9.97. The molecule has 2 unspecified atom stereocenters. The van der Waals surface area contributed by atoms with Gasteiger partial charge in [0.1, 0.15) is 12.2 Å². The van der Waals surface area contributed by atoms with Crippen molar-refractivity contribution in [3.8, 4) is 0 Å². The van der Waals surface area contributed by atoms with Gasteiger partial charge in [0.2, 0.25) is 0 Å². The highest BCUT2D eigenvalue weighted by molar-refractivity contribution is 6.03. The first kappa shape index (κ1) is 8.96. The van der Waals surface area contributed by atoms with Crippen LogP contribution in [0.15, 0.2) is 23.3 Å². The van der Waals surface area contributed by atoms with Crippen LogP contribution in [0, 0.1) is 0 Å². The summed E-state index contributed by atoms with van der Waals surface area (Å²) in [6, 6.07) is 0. The van der Waals surface area contributed by atoms with Gasteiger partial charge in [-0.25, -0.2) is 9.59 Å². The molecule has 0 aromatic carbocycles. The van der Waals surface area contributed by atoms with Crippen LogP contribution in [-0.2, 0) is 19.1 Å². The Balaban J connectivity index is 2.43. The van der Waals surface area contributed by atoms with Gasteiger partial charge in [0.15, 0.2) is 0 Å². The molecule has 0 aliphatic carbocycles. The molecule has 0 aromatic heterocycles. The first-order valence-electron chi connectivity index (χ1n) is 4.04.